The molecule has 0 radical (unpaired) electrons. The van der Waals surface area contributed by atoms with Gasteiger partial charge in [0.1, 0.15) is 5.69 Å². The lowest BCUT2D eigenvalue weighted by Crippen LogP contribution is -2.29. The standard InChI is InChI=1S/C19H18N2O3/c1-13-6-8-14(9-7-13)12-21-17-5-3-2-4-15(17)20-16(19(21)24)10-11-18(22)23/h2-9H,10-12H2,1H3,(H,22,23)/p-1. The number of benzene rings is 2. The van der Waals surface area contributed by atoms with E-state index in [1.807, 2.05) is 55.5 Å². The third-order valence-corrected chi connectivity index (χ3v) is 3.95. The number of fused-ring (bicyclic) bond motifs is 1. The van der Waals surface area contributed by atoms with Crippen LogP contribution in [0.1, 0.15) is 23.2 Å². The molecule has 1 heterocycles. The Balaban J connectivity index is 2.09. The third kappa shape index (κ3) is 3.35. The molecule has 0 saturated heterocycles. The van der Waals surface area contributed by atoms with E-state index in [-0.39, 0.29) is 24.1 Å². The first-order chi connectivity index (χ1) is 11.5. The van der Waals surface area contributed by atoms with Crippen molar-refractivity contribution in [2.24, 2.45) is 0 Å². The van der Waals surface area contributed by atoms with Gasteiger partial charge >= 0.3 is 0 Å². The van der Waals surface area contributed by atoms with Crippen molar-refractivity contribution >= 4 is 17.0 Å². The molecule has 5 nitrogen and oxygen atoms in total. The van der Waals surface area contributed by atoms with Crippen LogP contribution in [0.5, 0.6) is 0 Å². The molecule has 24 heavy (non-hydrogen) atoms. The van der Waals surface area contributed by atoms with Gasteiger partial charge in [-0.2, -0.15) is 0 Å². The fourth-order valence-corrected chi connectivity index (χ4v) is 2.66. The number of carbonyl (C=O) groups excluding carboxylic acids is 1. The minimum absolute atomic E-state index is 0.0693. The average Bonchev–Trinajstić information content (AvgIpc) is 2.57. The van der Waals surface area contributed by atoms with Gasteiger partial charge in [-0.3, -0.25) is 4.79 Å². The zero-order chi connectivity index (χ0) is 17.1. The monoisotopic (exact) mass is 321 g/mol. The van der Waals surface area contributed by atoms with E-state index in [0.29, 0.717) is 12.1 Å². The molecule has 2 aromatic carbocycles. The highest BCUT2D eigenvalue weighted by atomic mass is 16.4. The quantitative estimate of drug-likeness (QED) is 0.712. The molecule has 5 heteroatoms. The number of hydrogen-bond donors (Lipinski definition) is 0. The van der Waals surface area contributed by atoms with Gasteiger partial charge in [0, 0.05) is 12.4 Å². The summed E-state index contributed by atoms with van der Waals surface area (Å²) in [6, 6.07) is 15.3. The zero-order valence-electron chi connectivity index (χ0n) is 13.4. The molecule has 0 N–H and O–H groups in total. The van der Waals surface area contributed by atoms with Gasteiger partial charge in [0.15, 0.2) is 0 Å². The summed E-state index contributed by atoms with van der Waals surface area (Å²) in [7, 11) is 0. The molecular weight excluding hydrogens is 304 g/mol. The van der Waals surface area contributed by atoms with Gasteiger partial charge < -0.3 is 14.5 Å². The lowest BCUT2D eigenvalue weighted by Gasteiger charge is -2.13. The predicted molar refractivity (Wildman–Crippen MR) is 89.6 cm³/mol. The second-order valence-electron chi connectivity index (χ2n) is 5.80. The summed E-state index contributed by atoms with van der Waals surface area (Å²) in [6.45, 7) is 2.43. The van der Waals surface area contributed by atoms with Crippen LogP contribution in [0, 0.1) is 6.92 Å². The first-order valence-electron chi connectivity index (χ1n) is 7.78. The number of hydrogen-bond acceptors (Lipinski definition) is 4. The van der Waals surface area contributed by atoms with E-state index in [1.165, 1.54) is 0 Å². The Kier molecular flexibility index (Phi) is 4.42. The van der Waals surface area contributed by atoms with Crippen molar-refractivity contribution < 1.29 is 9.90 Å². The number of aryl methyl sites for hydroxylation is 2. The summed E-state index contributed by atoms with van der Waals surface area (Å²) < 4.78 is 1.65. The molecule has 122 valence electrons. The smallest absolute Gasteiger partial charge is 0.273 e. The Bertz CT molecular complexity index is 943. The summed E-state index contributed by atoms with van der Waals surface area (Å²) in [5, 5.41) is 10.7. The molecule has 3 rings (SSSR count). The largest absolute Gasteiger partial charge is 0.550 e. The van der Waals surface area contributed by atoms with Crippen molar-refractivity contribution in [3.05, 3.63) is 75.7 Å². The minimum atomic E-state index is -1.19. The predicted octanol–water partition coefficient (Wildman–Crippen LogP) is 1.44. The number of para-hydroxylation sites is 2. The molecule has 0 saturated carbocycles. The average molecular weight is 321 g/mol. The Labute approximate surface area is 139 Å². The summed E-state index contributed by atoms with van der Waals surface area (Å²) in [6.07, 6.45) is -0.148. The van der Waals surface area contributed by atoms with E-state index in [1.54, 1.807) is 4.57 Å². The molecule has 0 atom stereocenters. The van der Waals surface area contributed by atoms with Crippen LogP contribution in [0.2, 0.25) is 0 Å². The maximum atomic E-state index is 12.8. The Morgan fingerprint density at radius 2 is 1.83 bits per heavy atom. The molecule has 0 aliphatic heterocycles. The van der Waals surface area contributed by atoms with Crippen molar-refractivity contribution in [1.29, 1.82) is 0 Å². The second-order valence-corrected chi connectivity index (χ2v) is 5.80. The lowest BCUT2D eigenvalue weighted by atomic mass is 10.1. The normalized spacial score (nSPS) is 10.9. The van der Waals surface area contributed by atoms with E-state index in [0.717, 1.165) is 16.6 Å². The van der Waals surface area contributed by atoms with Crippen LogP contribution in [-0.4, -0.2) is 15.5 Å². The minimum Gasteiger partial charge on any atom is -0.550 e. The molecule has 0 aliphatic carbocycles. The van der Waals surface area contributed by atoms with Gasteiger partial charge in [0.2, 0.25) is 0 Å². The summed E-state index contributed by atoms with van der Waals surface area (Å²) in [4.78, 5) is 27.8. The Morgan fingerprint density at radius 1 is 1.12 bits per heavy atom. The van der Waals surface area contributed by atoms with Crippen molar-refractivity contribution in [1.82, 2.24) is 9.55 Å². The second kappa shape index (κ2) is 6.66. The van der Waals surface area contributed by atoms with Gasteiger partial charge in [-0.05, 0) is 31.0 Å². The molecule has 0 spiro atoms. The van der Waals surface area contributed by atoms with E-state index < -0.39 is 5.97 Å². The molecule has 0 unspecified atom stereocenters. The topological polar surface area (TPSA) is 75.0 Å². The first kappa shape index (κ1) is 15.9. The van der Waals surface area contributed by atoms with Crippen LogP contribution in [0.25, 0.3) is 11.0 Å². The molecule has 3 aromatic rings. The van der Waals surface area contributed by atoms with Crippen molar-refractivity contribution in [2.75, 3.05) is 0 Å². The van der Waals surface area contributed by atoms with Gasteiger partial charge in [-0.25, -0.2) is 4.98 Å². The maximum Gasteiger partial charge on any atom is 0.273 e. The highest BCUT2D eigenvalue weighted by Gasteiger charge is 2.11. The van der Waals surface area contributed by atoms with Crippen LogP contribution >= 0.6 is 0 Å². The van der Waals surface area contributed by atoms with Crippen LogP contribution < -0.4 is 10.7 Å². The number of carbonyl (C=O) groups is 1. The fraction of sp³-hybridized carbons (Fsp3) is 0.211. The fourth-order valence-electron chi connectivity index (χ4n) is 2.66. The number of aromatic nitrogens is 2. The van der Waals surface area contributed by atoms with Gasteiger partial charge in [0.25, 0.3) is 5.56 Å². The van der Waals surface area contributed by atoms with Crippen LogP contribution in [0.15, 0.2) is 53.3 Å². The van der Waals surface area contributed by atoms with Crippen LogP contribution in [-0.2, 0) is 17.8 Å². The van der Waals surface area contributed by atoms with Crippen molar-refractivity contribution in [3.8, 4) is 0 Å². The number of carboxylic acid groups (broad SMARTS) is 1. The van der Waals surface area contributed by atoms with Gasteiger partial charge in [-0.1, -0.05) is 42.0 Å². The van der Waals surface area contributed by atoms with Crippen LogP contribution in [0.3, 0.4) is 0 Å². The third-order valence-electron chi connectivity index (χ3n) is 3.95. The Morgan fingerprint density at radius 3 is 2.54 bits per heavy atom. The highest BCUT2D eigenvalue weighted by Crippen LogP contribution is 2.13. The molecule has 1 aromatic heterocycles. The SMILES string of the molecule is Cc1ccc(Cn2c(=O)c(CCC(=O)[O-])nc3ccccc32)cc1. The van der Waals surface area contributed by atoms with Crippen LogP contribution in [0.4, 0.5) is 0 Å². The number of carboxylic acids is 1. The molecule has 0 fully saturated rings. The van der Waals surface area contributed by atoms with Crippen molar-refractivity contribution in [2.45, 2.75) is 26.3 Å². The summed E-state index contributed by atoms with van der Waals surface area (Å²) in [5.74, 6) is -1.19. The van der Waals surface area contributed by atoms with Crippen molar-refractivity contribution in [3.63, 3.8) is 0 Å². The Hall–Kier alpha value is -2.95. The molecular formula is C19H17N2O3-. The van der Waals surface area contributed by atoms with E-state index >= 15 is 0 Å². The van der Waals surface area contributed by atoms with E-state index in [4.69, 9.17) is 0 Å². The molecule has 0 amide bonds. The van der Waals surface area contributed by atoms with E-state index in [2.05, 4.69) is 4.98 Å². The highest BCUT2D eigenvalue weighted by molar-refractivity contribution is 5.75. The summed E-state index contributed by atoms with van der Waals surface area (Å²) >= 11 is 0. The molecule has 0 aliphatic rings. The molecule has 0 bridgehead atoms. The number of aliphatic carboxylic acids is 1. The van der Waals surface area contributed by atoms with Gasteiger partial charge in [0.05, 0.1) is 17.6 Å². The summed E-state index contributed by atoms with van der Waals surface area (Å²) in [5.41, 5.74) is 3.57. The number of nitrogens with zero attached hydrogens (tertiary/aromatic N) is 2. The lowest BCUT2D eigenvalue weighted by molar-refractivity contribution is -0.305. The first-order valence-corrected chi connectivity index (χ1v) is 7.78. The van der Waals surface area contributed by atoms with Gasteiger partial charge in [-0.15, -0.1) is 0 Å². The number of rotatable bonds is 5. The zero-order valence-corrected chi connectivity index (χ0v) is 13.4. The van der Waals surface area contributed by atoms with E-state index in [9.17, 15) is 14.7 Å². The maximum absolute atomic E-state index is 12.8.